The van der Waals surface area contributed by atoms with Gasteiger partial charge in [0.25, 0.3) is 0 Å². The monoisotopic (exact) mass is 509 g/mol. The number of ether oxygens (including phenoxy) is 2. The van der Waals surface area contributed by atoms with Crippen LogP contribution in [0.5, 0.6) is 11.5 Å². The second-order valence-electron chi connectivity index (χ2n) is 8.98. The van der Waals surface area contributed by atoms with Crippen LogP contribution in [0.4, 0.5) is 5.13 Å². The van der Waals surface area contributed by atoms with E-state index in [9.17, 15) is 0 Å². The molecule has 0 spiro atoms. The number of hydrogen-bond donors (Lipinski definition) is 2. The number of unbranched alkanes of at least 4 members (excludes halogenated alkanes) is 2. The minimum Gasteiger partial charge on any atom is -0.494 e. The third-order valence-electron chi connectivity index (χ3n) is 6.27. The van der Waals surface area contributed by atoms with Gasteiger partial charge in [-0.3, -0.25) is 0 Å². The van der Waals surface area contributed by atoms with Crippen molar-refractivity contribution in [2.75, 3.05) is 51.3 Å². The van der Waals surface area contributed by atoms with Crippen molar-refractivity contribution in [3.05, 3.63) is 59.0 Å². The summed E-state index contributed by atoms with van der Waals surface area (Å²) in [5, 5.41) is 12.8. The van der Waals surface area contributed by atoms with Crippen molar-refractivity contribution in [2.45, 2.75) is 26.2 Å². The molecule has 0 aliphatic carbocycles. The van der Waals surface area contributed by atoms with Gasteiger partial charge in [-0.2, -0.15) is 0 Å². The molecule has 1 aromatic heterocycles. The van der Waals surface area contributed by atoms with Gasteiger partial charge in [-0.1, -0.05) is 5.16 Å². The molecule has 36 heavy (non-hydrogen) atoms. The molecule has 0 atom stereocenters. The van der Waals surface area contributed by atoms with E-state index in [-0.39, 0.29) is 5.84 Å². The van der Waals surface area contributed by atoms with Gasteiger partial charge in [0.05, 0.1) is 18.9 Å². The Hall–Kier alpha value is -3.30. The first-order valence-electron chi connectivity index (χ1n) is 12.4. The van der Waals surface area contributed by atoms with E-state index in [2.05, 4.69) is 41.1 Å². The van der Waals surface area contributed by atoms with Crippen LogP contribution in [0.25, 0.3) is 11.3 Å². The van der Waals surface area contributed by atoms with Crippen LogP contribution in [0.15, 0.2) is 53.7 Å². The smallest absolute Gasteiger partial charge is 0.186 e. The highest BCUT2D eigenvalue weighted by atomic mass is 32.1. The van der Waals surface area contributed by atoms with Crippen molar-refractivity contribution >= 4 is 22.3 Å². The van der Waals surface area contributed by atoms with Crippen molar-refractivity contribution in [1.29, 1.82) is 0 Å². The van der Waals surface area contributed by atoms with E-state index in [1.165, 1.54) is 4.88 Å². The van der Waals surface area contributed by atoms with Crippen molar-refractivity contribution in [3.8, 4) is 22.8 Å². The number of thiazole rings is 1. The first-order chi connectivity index (χ1) is 17.5. The molecule has 0 unspecified atom stereocenters. The number of amidine groups is 1. The maximum absolute atomic E-state index is 8.71. The van der Waals surface area contributed by atoms with E-state index in [0.717, 1.165) is 73.3 Å². The van der Waals surface area contributed by atoms with Crippen LogP contribution in [-0.2, 0) is 0 Å². The van der Waals surface area contributed by atoms with Gasteiger partial charge in [0.1, 0.15) is 11.5 Å². The number of aromatic nitrogens is 1. The fourth-order valence-corrected chi connectivity index (χ4v) is 5.02. The highest BCUT2D eigenvalue weighted by Crippen LogP contribution is 2.33. The number of likely N-dealkylation sites (N-methyl/N-ethyl adjacent to an activating group) is 1. The molecule has 0 amide bonds. The van der Waals surface area contributed by atoms with Crippen molar-refractivity contribution in [3.63, 3.8) is 0 Å². The van der Waals surface area contributed by atoms with Gasteiger partial charge >= 0.3 is 0 Å². The summed E-state index contributed by atoms with van der Waals surface area (Å²) in [6.45, 7) is 7.70. The Morgan fingerprint density at radius 3 is 2.11 bits per heavy atom. The number of oxime groups is 1. The van der Waals surface area contributed by atoms with Crippen LogP contribution in [0.1, 0.15) is 29.7 Å². The molecule has 1 saturated heterocycles. The largest absolute Gasteiger partial charge is 0.494 e. The van der Waals surface area contributed by atoms with Gasteiger partial charge < -0.3 is 30.2 Å². The fraction of sp³-hybridized carbons (Fsp3) is 0.407. The molecule has 1 aliphatic heterocycles. The molecule has 0 radical (unpaired) electrons. The number of nitrogens with zero attached hydrogens (tertiary/aromatic N) is 4. The van der Waals surface area contributed by atoms with Crippen molar-refractivity contribution in [1.82, 2.24) is 9.88 Å². The zero-order valence-electron chi connectivity index (χ0n) is 21.0. The molecule has 192 valence electrons. The quantitative estimate of drug-likeness (QED) is 0.128. The molecule has 8 nitrogen and oxygen atoms in total. The highest BCUT2D eigenvalue weighted by molar-refractivity contribution is 7.16. The van der Waals surface area contributed by atoms with Gasteiger partial charge in [0.15, 0.2) is 11.0 Å². The summed E-state index contributed by atoms with van der Waals surface area (Å²) in [6.07, 6.45) is 2.93. The number of piperazine rings is 1. The molecule has 4 rings (SSSR count). The lowest BCUT2D eigenvalue weighted by Gasteiger charge is -2.32. The SMILES string of the molecule is Cc1sc(N2CCN(C)CC2)nc1-c1ccc(OCCCCCOc2ccc(/C(N)=N/O)cc2)cc1. The van der Waals surface area contributed by atoms with Gasteiger partial charge in [-0.05, 0) is 81.8 Å². The molecular weight excluding hydrogens is 474 g/mol. The molecule has 3 N–H and O–H groups in total. The van der Waals surface area contributed by atoms with Crippen LogP contribution >= 0.6 is 11.3 Å². The van der Waals surface area contributed by atoms with Crippen LogP contribution in [0, 0.1) is 6.92 Å². The standard InChI is InChI=1S/C27H35N5O3S/c1-20-25(29-27(36-20)32-16-14-31(2)15-17-32)21-6-10-23(11-7-21)34-18-4-3-5-19-35-24-12-8-22(9-13-24)26(28)30-33/h6-13,33H,3-5,14-19H2,1-2H3,(H2,28,30). The summed E-state index contributed by atoms with van der Waals surface area (Å²) in [7, 11) is 2.17. The molecule has 9 heteroatoms. The average molecular weight is 510 g/mol. The molecule has 0 saturated carbocycles. The number of hydrogen-bond acceptors (Lipinski definition) is 8. The summed E-state index contributed by atoms with van der Waals surface area (Å²) >= 11 is 1.78. The molecule has 1 fully saturated rings. The average Bonchev–Trinajstić information content (AvgIpc) is 3.30. The van der Waals surface area contributed by atoms with Gasteiger partial charge in [-0.15, -0.1) is 11.3 Å². The zero-order chi connectivity index (χ0) is 25.3. The van der Waals surface area contributed by atoms with E-state index in [1.807, 2.05) is 24.3 Å². The Bertz CT molecular complexity index is 1120. The number of rotatable bonds is 11. The van der Waals surface area contributed by atoms with E-state index in [0.29, 0.717) is 18.8 Å². The summed E-state index contributed by atoms with van der Waals surface area (Å²) in [4.78, 5) is 11.0. The van der Waals surface area contributed by atoms with E-state index >= 15 is 0 Å². The Morgan fingerprint density at radius 1 is 0.944 bits per heavy atom. The molecule has 2 aromatic carbocycles. The van der Waals surface area contributed by atoms with Crippen molar-refractivity contribution in [2.24, 2.45) is 10.9 Å². The minimum absolute atomic E-state index is 0.0878. The summed E-state index contributed by atoms with van der Waals surface area (Å²) < 4.78 is 11.7. The van der Waals surface area contributed by atoms with Gasteiger partial charge in [0.2, 0.25) is 0 Å². The molecule has 3 aromatic rings. The predicted molar refractivity (Wildman–Crippen MR) is 146 cm³/mol. The van der Waals surface area contributed by atoms with Gasteiger partial charge in [-0.25, -0.2) is 4.98 Å². The summed E-state index contributed by atoms with van der Waals surface area (Å²) in [5.41, 5.74) is 8.43. The number of anilines is 1. The highest BCUT2D eigenvalue weighted by Gasteiger charge is 2.19. The van der Waals surface area contributed by atoms with E-state index in [1.54, 1.807) is 23.5 Å². The van der Waals surface area contributed by atoms with Crippen LogP contribution in [0.2, 0.25) is 0 Å². The third kappa shape index (κ3) is 6.89. The Morgan fingerprint density at radius 2 is 1.53 bits per heavy atom. The van der Waals surface area contributed by atoms with Crippen LogP contribution in [0.3, 0.4) is 0 Å². The van der Waals surface area contributed by atoms with Crippen LogP contribution < -0.4 is 20.1 Å². The topological polar surface area (TPSA) is 96.4 Å². The summed E-state index contributed by atoms with van der Waals surface area (Å²) in [6, 6.07) is 15.4. The third-order valence-corrected chi connectivity index (χ3v) is 7.30. The maximum Gasteiger partial charge on any atom is 0.186 e. The molecular formula is C27H35N5O3S. The second-order valence-corrected chi connectivity index (χ2v) is 10.2. The van der Waals surface area contributed by atoms with E-state index < -0.39 is 0 Å². The molecule has 0 bridgehead atoms. The Kier molecular flexibility index (Phi) is 9.02. The minimum atomic E-state index is 0.0878. The lowest BCUT2D eigenvalue weighted by molar-refractivity contribution is 0.279. The Labute approximate surface area is 217 Å². The van der Waals surface area contributed by atoms with Crippen molar-refractivity contribution < 1.29 is 14.7 Å². The second kappa shape index (κ2) is 12.6. The number of nitrogens with two attached hydrogens (primary N) is 1. The first-order valence-corrected chi connectivity index (χ1v) is 13.2. The first kappa shape index (κ1) is 25.8. The molecule has 1 aliphatic rings. The lowest BCUT2D eigenvalue weighted by Crippen LogP contribution is -2.44. The maximum atomic E-state index is 8.71. The summed E-state index contributed by atoms with van der Waals surface area (Å²) in [5.74, 6) is 1.74. The normalized spacial score (nSPS) is 14.7. The number of benzene rings is 2. The fourth-order valence-electron chi connectivity index (χ4n) is 4.03. The van der Waals surface area contributed by atoms with Gasteiger partial charge in [0, 0.05) is 42.2 Å². The Balaban J connectivity index is 1.16. The molecule has 2 heterocycles. The number of aryl methyl sites for hydroxylation is 1. The lowest BCUT2D eigenvalue weighted by atomic mass is 10.1. The zero-order valence-corrected chi connectivity index (χ0v) is 21.8. The predicted octanol–water partition coefficient (Wildman–Crippen LogP) is 4.59. The van der Waals surface area contributed by atoms with E-state index in [4.69, 9.17) is 25.4 Å². The van der Waals surface area contributed by atoms with Crippen LogP contribution in [-0.4, -0.2) is 67.4 Å².